The van der Waals surface area contributed by atoms with Crippen LogP contribution in [0.5, 0.6) is 17.2 Å². The van der Waals surface area contributed by atoms with E-state index in [0.29, 0.717) is 42.4 Å². The Balaban J connectivity index is 1.75. The van der Waals surface area contributed by atoms with Gasteiger partial charge in [-0.2, -0.15) is 0 Å². The van der Waals surface area contributed by atoms with Gasteiger partial charge in [0, 0.05) is 42.6 Å². The second kappa shape index (κ2) is 22.7. The van der Waals surface area contributed by atoms with Crippen LogP contribution >= 0.6 is 23.4 Å². The van der Waals surface area contributed by atoms with E-state index in [-0.39, 0.29) is 82.8 Å². The Morgan fingerprint density at radius 2 is 1.79 bits per heavy atom. The molecule has 2 aliphatic carbocycles. The molecule has 0 radical (unpaired) electrons. The first-order valence-electron chi connectivity index (χ1n) is 20.1. The van der Waals surface area contributed by atoms with E-state index in [1.807, 2.05) is 49.6 Å². The number of halogens is 1. The summed E-state index contributed by atoms with van der Waals surface area (Å²) < 4.78 is 32.1. The highest BCUT2D eigenvalue weighted by Gasteiger charge is 2.65. The van der Waals surface area contributed by atoms with Crippen molar-refractivity contribution in [2.24, 2.45) is 22.9 Å². The molecule has 2 aromatic carbocycles. The number of fused-ring (bicyclic) bond motifs is 2. The number of oxime groups is 1. The van der Waals surface area contributed by atoms with Crippen LogP contribution in [0.2, 0.25) is 0 Å². The molecule has 14 heteroatoms. The van der Waals surface area contributed by atoms with E-state index in [4.69, 9.17) is 45.3 Å². The van der Waals surface area contributed by atoms with Crippen molar-refractivity contribution in [2.45, 2.75) is 74.5 Å². The van der Waals surface area contributed by atoms with Crippen LogP contribution in [0.3, 0.4) is 0 Å². The summed E-state index contributed by atoms with van der Waals surface area (Å²) in [4.78, 5) is 22.6. The van der Waals surface area contributed by atoms with Gasteiger partial charge < -0.3 is 43.8 Å². The lowest BCUT2D eigenvalue weighted by Gasteiger charge is -2.59. The lowest BCUT2D eigenvalue weighted by molar-refractivity contribution is -0.256. The van der Waals surface area contributed by atoms with E-state index >= 15 is 0 Å². The first-order valence-corrected chi connectivity index (χ1v) is 21.9. The van der Waals surface area contributed by atoms with Crippen LogP contribution in [0.1, 0.15) is 63.4 Å². The normalized spacial score (nSPS) is 24.1. The molecule has 1 fully saturated rings. The van der Waals surface area contributed by atoms with Crippen molar-refractivity contribution in [3.8, 4) is 17.2 Å². The average Bonchev–Trinajstić information content (AvgIpc) is 3.23. The summed E-state index contributed by atoms with van der Waals surface area (Å²) in [6, 6.07) is 13.0. The summed E-state index contributed by atoms with van der Waals surface area (Å²) in [5, 5.41) is 33.9. The monoisotopic (exact) mass is 830 g/mol. The largest absolute Gasteiger partial charge is 0.459 e. The van der Waals surface area contributed by atoms with E-state index in [0.717, 1.165) is 41.7 Å². The number of carbonyl (C=O) groups is 1. The van der Waals surface area contributed by atoms with Gasteiger partial charge in [0.05, 0.1) is 43.9 Å². The van der Waals surface area contributed by atoms with E-state index < -0.39 is 23.8 Å². The predicted molar refractivity (Wildman–Crippen MR) is 222 cm³/mol. The van der Waals surface area contributed by atoms with Gasteiger partial charge in [0.2, 0.25) is 5.79 Å². The lowest BCUT2D eigenvalue weighted by atomic mass is 9.55. The molecule has 3 N–H and O–H groups in total. The Bertz CT molecular complexity index is 1640. The Kier molecular flexibility index (Phi) is 17.9. The van der Waals surface area contributed by atoms with Gasteiger partial charge in [-0.3, -0.25) is 4.90 Å². The van der Waals surface area contributed by atoms with Crippen LogP contribution in [-0.2, 0) is 19.0 Å². The van der Waals surface area contributed by atoms with Gasteiger partial charge in [0.25, 0.3) is 0 Å². The predicted octanol–water partition coefficient (Wildman–Crippen LogP) is 7.54. The fraction of sp³-hybridized carbons (Fsp3) is 0.581. The molecule has 6 atom stereocenters. The number of allylic oxidation sites excluding steroid dienone is 1. The van der Waals surface area contributed by atoms with Crippen molar-refractivity contribution >= 4 is 35.2 Å². The topological polar surface area (TPSA) is 149 Å². The fourth-order valence-corrected chi connectivity index (χ4v) is 9.03. The number of rotatable bonds is 24. The Labute approximate surface area is 346 Å². The zero-order valence-corrected chi connectivity index (χ0v) is 34.8. The Morgan fingerprint density at radius 1 is 1.04 bits per heavy atom. The summed E-state index contributed by atoms with van der Waals surface area (Å²) in [5.74, 6) is 0.0325. The minimum absolute atomic E-state index is 0.00630. The molecule has 0 saturated heterocycles. The van der Waals surface area contributed by atoms with Crippen molar-refractivity contribution in [3.63, 3.8) is 0 Å². The number of hydrogen-bond acceptors (Lipinski definition) is 12. The standard InChI is InChI=1S/C43H59ClN2O10S/c1-4-23-53-43-39(46(19-25-51-26-22-49)42(50)52-24-18-44)29-37(45-54-5-2)35-27-30(10-6-8-20-47)34(11-7-9-21-48)40(41(35)43)36-28-32(14-17-38(36)56-43)55-31-12-15-33(57-3)16-13-31/h4,12-17,27-28,30,34,39-41,47-49H,1,5-11,18-26,29H2,2-3H3/t30-,34+,39-,40+,41+,43+/m0/s1. The second-order valence-corrected chi connectivity index (χ2v) is 15.6. The molecule has 314 valence electrons. The average molecular weight is 831 g/mol. The van der Waals surface area contributed by atoms with Crippen molar-refractivity contribution in [1.82, 2.24) is 4.90 Å². The van der Waals surface area contributed by atoms with Crippen molar-refractivity contribution < 1.29 is 48.6 Å². The Morgan fingerprint density at radius 3 is 2.47 bits per heavy atom. The molecule has 2 aromatic rings. The number of hydrogen-bond donors (Lipinski definition) is 3. The number of nitrogens with zero attached hydrogens (tertiary/aromatic N) is 2. The van der Waals surface area contributed by atoms with Gasteiger partial charge in [-0.15, -0.1) is 29.9 Å². The van der Waals surface area contributed by atoms with Crippen LogP contribution in [0.15, 0.2) is 76.8 Å². The number of alkyl halides is 1. The second-order valence-electron chi connectivity index (χ2n) is 14.3. The SMILES string of the molecule is C=CCO[C@@]12Oc3ccc(Oc4ccc(SC)cc4)cc3[C@H]3[C@H](CCCCO)[C@@H](CCCCO)C=C(C(=NOCC)C[C@@H]1N(CCOCCO)C(=O)OCCCl)[C@H]32. The molecule has 0 aromatic heterocycles. The summed E-state index contributed by atoms with van der Waals surface area (Å²) in [6.07, 6.45) is 10.2. The summed E-state index contributed by atoms with van der Waals surface area (Å²) in [7, 11) is 0. The third-order valence-electron chi connectivity index (χ3n) is 10.9. The van der Waals surface area contributed by atoms with Gasteiger partial charge in [0.15, 0.2) is 0 Å². The van der Waals surface area contributed by atoms with Gasteiger partial charge >= 0.3 is 6.09 Å². The summed E-state index contributed by atoms with van der Waals surface area (Å²) in [6.45, 7) is 6.66. The highest BCUT2D eigenvalue weighted by atomic mass is 35.5. The molecule has 1 amide bonds. The zero-order valence-electron chi connectivity index (χ0n) is 33.2. The smallest absolute Gasteiger partial charge is 0.410 e. The number of unbranched alkanes of at least 4 members (excludes halogenated alkanes) is 2. The van der Waals surface area contributed by atoms with Crippen molar-refractivity contribution in [3.05, 3.63) is 72.3 Å². The van der Waals surface area contributed by atoms with Gasteiger partial charge in [-0.05, 0) is 98.7 Å². The van der Waals surface area contributed by atoms with Crippen molar-refractivity contribution in [1.29, 1.82) is 0 Å². The Hall–Kier alpha value is -3.30. The third kappa shape index (κ3) is 10.9. The first-order chi connectivity index (χ1) is 27.9. The molecule has 1 heterocycles. The van der Waals surface area contributed by atoms with Gasteiger partial charge in [-0.1, -0.05) is 30.1 Å². The first kappa shape index (κ1) is 44.8. The summed E-state index contributed by atoms with van der Waals surface area (Å²) in [5.41, 5.74) is 2.55. The van der Waals surface area contributed by atoms with Crippen LogP contribution in [0, 0.1) is 17.8 Å². The molecule has 57 heavy (non-hydrogen) atoms. The molecule has 1 aliphatic heterocycles. The van der Waals surface area contributed by atoms with Crippen LogP contribution in [0.25, 0.3) is 0 Å². The molecular formula is C43H59ClN2O10S. The van der Waals surface area contributed by atoms with Crippen LogP contribution in [-0.4, -0.2) is 115 Å². The molecule has 1 saturated carbocycles. The van der Waals surface area contributed by atoms with E-state index in [1.54, 1.807) is 22.7 Å². The quantitative estimate of drug-likeness (QED) is 0.0317. The van der Waals surface area contributed by atoms with Gasteiger partial charge in [-0.25, -0.2) is 4.79 Å². The number of amides is 1. The maximum atomic E-state index is 14.1. The van der Waals surface area contributed by atoms with E-state index in [2.05, 4.69) is 18.7 Å². The molecule has 5 rings (SSSR count). The van der Waals surface area contributed by atoms with E-state index in [1.165, 1.54) is 0 Å². The molecule has 0 spiro atoms. The number of aliphatic hydroxyl groups excluding tert-OH is 3. The minimum Gasteiger partial charge on any atom is -0.459 e. The molecule has 0 unspecified atom stereocenters. The van der Waals surface area contributed by atoms with Crippen LogP contribution in [0.4, 0.5) is 4.79 Å². The van der Waals surface area contributed by atoms with Gasteiger partial charge in [0.1, 0.15) is 36.5 Å². The summed E-state index contributed by atoms with van der Waals surface area (Å²) >= 11 is 7.66. The third-order valence-corrected chi connectivity index (χ3v) is 11.8. The zero-order chi connectivity index (χ0) is 40.6. The molecule has 3 aliphatic rings. The lowest BCUT2D eigenvalue weighted by Crippen LogP contribution is -2.70. The fourth-order valence-electron chi connectivity index (χ4n) is 8.55. The van der Waals surface area contributed by atoms with E-state index in [9.17, 15) is 20.1 Å². The molecule has 0 bridgehead atoms. The molecular weight excluding hydrogens is 772 g/mol. The number of carbonyl (C=O) groups excluding carboxylic acids is 1. The number of aliphatic hydroxyl groups is 3. The molecule has 12 nitrogen and oxygen atoms in total. The van der Waals surface area contributed by atoms with Crippen molar-refractivity contribution in [2.75, 3.05) is 71.5 Å². The maximum absolute atomic E-state index is 14.1. The minimum atomic E-state index is -1.46. The number of thioether (sulfide) groups is 1. The maximum Gasteiger partial charge on any atom is 0.410 e. The number of benzene rings is 2. The number of ether oxygens (including phenoxy) is 5. The highest BCUT2D eigenvalue weighted by Crippen LogP contribution is 2.62. The van der Waals surface area contributed by atoms with Crippen LogP contribution < -0.4 is 9.47 Å². The highest BCUT2D eigenvalue weighted by molar-refractivity contribution is 7.98.